The van der Waals surface area contributed by atoms with Crippen molar-refractivity contribution in [2.45, 2.75) is 32.9 Å². The number of hydrogen-bond donors (Lipinski definition) is 2. The molecular weight excluding hydrogens is 240 g/mol. The van der Waals surface area contributed by atoms with Crippen molar-refractivity contribution in [2.75, 3.05) is 46.8 Å². The third kappa shape index (κ3) is 5.47. The van der Waals surface area contributed by atoms with E-state index in [2.05, 4.69) is 34.3 Å². The predicted octanol–water partition coefficient (Wildman–Crippen LogP) is -0.0175. The molecule has 0 aromatic carbocycles. The van der Waals surface area contributed by atoms with Crippen molar-refractivity contribution in [3.05, 3.63) is 0 Å². The highest BCUT2D eigenvalue weighted by Gasteiger charge is 2.25. The van der Waals surface area contributed by atoms with E-state index in [-0.39, 0.29) is 18.0 Å². The number of carbonyl (C=O) groups is 1. The summed E-state index contributed by atoms with van der Waals surface area (Å²) in [5, 5.41) is 6.52. The largest absolute Gasteiger partial charge is 0.350 e. The van der Waals surface area contributed by atoms with Gasteiger partial charge in [0, 0.05) is 38.8 Å². The minimum Gasteiger partial charge on any atom is -0.350 e. The van der Waals surface area contributed by atoms with E-state index in [4.69, 9.17) is 0 Å². The second-order valence-corrected chi connectivity index (χ2v) is 6.08. The highest BCUT2D eigenvalue weighted by atomic mass is 16.2. The molecule has 1 rings (SSSR count). The van der Waals surface area contributed by atoms with Crippen LogP contribution in [0.1, 0.15) is 20.8 Å². The van der Waals surface area contributed by atoms with E-state index in [1.807, 2.05) is 21.0 Å². The van der Waals surface area contributed by atoms with Gasteiger partial charge in [-0.1, -0.05) is 13.8 Å². The monoisotopic (exact) mass is 270 g/mol. The Morgan fingerprint density at radius 2 is 1.84 bits per heavy atom. The van der Waals surface area contributed by atoms with Crippen molar-refractivity contribution in [3.63, 3.8) is 0 Å². The quantitative estimate of drug-likeness (QED) is 0.712. The van der Waals surface area contributed by atoms with Gasteiger partial charge in [0.1, 0.15) is 0 Å². The molecule has 1 heterocycles. The van der Waals surface area contributed by atoms with Gasteiger partial charge in [-0.2, -0.15) is 0 Å². The molecule has 2 N–H and O–H groups in total. The Morgan fingerprint density at radius 1 is 1.26 bits per heavy atom. The number of nitrogens with one attached hydrogen (secondary N) is 2. The summed E-state index contributed by atoms with van der Waals surface area (Å²) in [5.74, 6) is 0.601. The molecule has 5 nitrogen and oxygen atoms in total. The molecule has 0 radical (unpaired) electrons. The van der Waals surface area contributed by atoms with Crippen LogP contribution in [0.15, 0.2) is 0 Å². The molecule has 2 atom stereocenters. The molecule has 1 amide bonds. The van der Waals surface area contributed by atoms with Crippen molar-refractivity contribution < 1.29 is 4.79 Å². The van der Waals surface area contributed by atoms with Gasteiger partial charge in [-0.15, -0.1) is 0 Å². The highest BCUT2D eigenvalue weighted by molar-refractivity contribution is 5.81. The number of amides is 1. The van der Waals surface area contributed by atoms with Crippen molar-refractivity contribution in [2.24, 2.45) is 5.92 Å². The smallest absolute Gasteiger partial charge is 0.237 e. The van der Waals surface area contributed by atoms with E-state index >= 15 is 0 Å². The summed E-state index contributed by atoms with van der Waals surface area (Å²) in [6, 6.07) is 0.179. The van der Waals surface area contributed by atoms with Gasteiger partial charge in [0.15, 0.2) is 0 Å². The zero-order valence-electron chi connectivity index (χ0n) is 13.1. The predicted molar refractivity (Wildman–Crippen MR) is 79.2 cm³/mol. The summed E-state index contributed by atoms with van der Waals surface area (Å²) in [5.41, 5.74) is 0. The van der Waals surface area contributed by atoms with Crippen molar-refractivity contribution in [3.8, 4) is 0 Å². The summed E-state index contributed by atoms with van der Waals surface area (Å²) < 4.78 is 0. The minimum atomic E-state index is -0.0366. The van der Waals surface area contributed by atoms with Crippen LogP contribution >= 0.6 is 0 Å². The molecule has 0 aromatic heterocycles. The van der Waals surface area contributed by atoms with E-state index in [1.54, 1.807) is 0 Å². The lowest BCUT2D eigenvalue weighted by Crippen LogP contribution is -2.55. The summed E-state index contributed by atoms with van der Waals surface area (Å²) >= 11 is 0. The number of piperazine rings is 1. The normalized spacial score (nSPS) is 20.6. The first-order chi connectivity index (χ1) is 8.91. The van der Waals surface area contributed by atoms with Crippen LogP contribution in [0.3, 0.4) is 0 Å². The van der Waals surface area contributed by atoms with Crippen molar-refractivity contribution in [1.82, 2.24) is 20.4 Å². The zero-order chi connectivity index (χ0) is 14.4. The van der Waals surface area contributed by atoms with E-state index in [0.717, 1.165) is 32.7 Å². The van der Waals surface area contributed by atoms with Crippen LogP contribution in [0.2, 0.25) is 0 Å². The maximum absolute atomic E-state index is 12.3. The highest BCUT2D eigenvalue weighted by Crippen LogP contribution is 2.06. The van der Waals surface area contributed by atoms with Crippen LogP contribution in [0.5, 0.6) is 0 Å². The van der Waals surface area contributed by atoms with Gasteiger partial charge in [0.25, 0.3) is 0 Å². The number of hydrogen-bond acceptors (Lipinski definition) is 4. The zero-order valence-corrected chi connectivity index (χ0v) is 13.1. The fourth-order valence-electron chi connectivity index (χ4n) is 2.36. The molecule has 1 aliphatic rings. The molecule has 1 fully saturated rings. The topological polar surface area (TPSA) is 47.6 Å². The molecule has 0 spiro atoms. The Hall–Kier alpha value is -0.650. The molecule has 0 aliphatic carbocycles. The Bertz CT molecular complexity index is 275. The molecule has 0 bridgehead atoms. The van der Waals surface area contributed by atoms with Crippen LogP contribution in [-0.2, 0) is 4.79 Å². The molecule has 0 aromatic rings. The summed E-state index contributed by atoms with van der Waals surface area (Å²) in [6.07, 6.45) is 0. The van der Waals surface area contributed by atoms with Crippen LogP contribution in [-0.4, -0.2) is 74.6 Å². The molecule has 19 heavy (non-hydrogen) atoms. The molecule has 5 heteroatoms. The molecule has 1 saturated heterocycles. The first kappa shape index (κ1) is 16.4. The Labute approximate surface area is 117 Å². The number of likely N-dealkylation sites (N-methyl/N-ethyl adjacent to an activating group) is 1. The van der Waals surface area contributed by atoms with E-state index < -0.39 is 0 Å². The van der Waals surface area contributed by atoms with Crippen LogP contribution in [0.4, 0.5) is 0 Å². The fraction of sp³-hybridized carbons (Fsp3) is 0.929. The average molecular weight is 270 g/mol. The van der Waals surface area contributed by atoms with Gasteiger partial charge >= 0.3 is 0 Å². The van der Waals surface area contributed by atoms with Crippen LogP contribution < -0.4 is 10.6 Å². The SMILES string of the molecule is CC(C)C(CN(C)C)NC(=O)C(C)N1CCNCC1. The van der Waals surface area contributed by atoms with Gasteiger partial charge in [-0.25, -0.2) is 0 Å². The number of rotatable bonds is 6. The van der Waals surface area contributed by atoms with Gasteiger partial charge < -0.3 is 15.5 Å². The van der Waals surface area contributed by atoms with Crippen LogP contribution in [0.25, 0.3) is 0 Å². The van der Waals surface area contributed by atoms with E-state index in [1.165, 1.54) is 0 Å². The third-order valence-corrected chi connectivity index (χ3v) is 3.77. The number of nitrogens with zero attached hydrogens (tertiary/aromatic N) is 2. The number of carbonyl (C=O) groups excluding carboxylic acids is 1. The second-order valence-electron chi connectivity index (χ2n) is 6.08. The maximum atomic E-state index is 12.3. The Kier molecular flexibility index (Phi) is 6.75. The molecule has 2 unspecified atom stereocenters. The average Bonchev–Trinajstić information content (AvgIpc) is 2.37. The van der Waals surface area contributed by atoms with E-state index in [0.29, 0.717) is 5.92 Å². The first-order valence-electron chi connectivity index (χ1n) is 7.31. The standard InChI is InChI=1S/C14H30N4O/c1-11(2)13(10-17(4)5)16-14(19)12(3)18-8-6-15-7-9-18/h11-13,15H,6-10H2,1-5H3,(H,16,19). The van der Waals surface area contributed by atoms with Crippen LogP contribution in [0, 0.1) is 5.92 Å². The summed E-state index contributed by atoms with van der Waals surface area (Å²) in [6.45, 7) is 11.1. The van der Waals surface area contributed by atoms with Gasteiger partial charge in [0.2, 0.25) is 5.91 Å². The molecular formula is C14H30N4O. The lowest BCUT2D eigenvalue weighted by molar-refractivity contribution is -0.127. The van der Waals surface area contributed by atoms with Crippen molar-refractivity contribution in [1.29, 1.82) is 0 Å². The summed E-state index contributed by atoms with van der Waals surface area (Å²) in [4.78, 5) is 16.7. The summed E-state index contributed by atoms with van der Waals surface area (Å²) in [7, 11) is 4.09. The lowest BCUT2D eigenvalue weighted by atomic mass is 10.0. The fourth-order valence-corrected chi connectivity index (χ4v) is 2.36. The molecule has 1 aliphatic heterocycles. The van der Waals surface area contributed by atoms with Gasteiger partial charge in [-0.3, -0.25) is 9.69 Å². The molecule has 112 valence electrons. The third-order valence-electron chi connectivity index (χ3n) is 3.77. The van der Waals surface area contributed by atoms with Crippen molar-refractivity contribution >= 4 is 5.91 Å². The molecule has 0 saturated carbocycles. The Balaban J connectivity index is 2.50. The lowest BCUT2D eigenvalue weighted by Gasteiger charge is -2.34. The maximum Gasteiger partial charge on any atom is 0.237 e. The van der Waals surface area contributed by atoms with Gasteiger partial charge in [-0.05, 0) is 26.9 Å². The Morgan fingerprint density at radius 3 is 2.32 bits per heavy atom. The first-order valence-corrected chi connectivity index (χ1v) is 7.31. The van der Waals surface area contributed by atoms with E-state index in [9.17, 15) is 4.79 Å². The second kappa shape index (κ2) is 7.82. The van der Waals surface area contributed by atoms with Gasteiger partial charge in [0.05, 0.1) is 6.04 Å². The minimum absolute atomic E-state index is 0.0366.